The van der Waals surface area contributed by atoms with Gasteiger partial charge < -0.3 is 9.67 Å². The lowest BCUT2D eigenvalue weighted by Crippen LogP contribution is -2.25. The molecule has 0 aliphatic heterocycles. The number of aliphatic hydroxyl groups is 1. The molecule has 158 valence electrons. The van der Waals surface area contributed by atoms with Crippen LogP contribution >= 0.6 is 15.9 Å². The number of aliphatic hydroxyl groups excluding tert-OH is 1. The largest absolute Gasteiger partial charge is 0.390 e. The molecule has 1 aromatic heterocycles. The summed E-state index contributed by atoms with van der Waals surface area (Å²) in [5.74, 6) is 0. The fourth-order valence-electron chi connectivity index (χ4n) is 3.75. The summed E-state index contributed by atoms with van der Waals surface area (Å²) in [4.78, 5) is 13.6. The lowest BCUT2D eigenvalue weighted by atomic mass is 9.96. The number of benzene rings is 3. The van der Waals surface area contributed by atoms with Crippen molar-refractivity contribution < 1.29 is 13.5 Å². The van der Waals surface area contributed by atoms with Gasteiger partial charge in [0.2, 0.25) is 0 Å². The number of pyridine rings is 1. The smallest absolute Gasteiger partial charge is 0.259 e. The molecule has 0 saturated heterocycles. The van der Waals surface area contributed by atoms with Gasteiger partial charge in [-0.15, -0.1) is 0 Å². The van der Waals surface area contributed by atoms with Crippen LogP contribution in [0.5, 0.6) is 0 Å². The summed E-state index contributed by atoms with van der Waals surface area (Å²) < 4.78 is 25.9. The molecular weight excluding hydrogens is 478 g/mol. The van der Waals surface area contributed by atoms with E-state index in [1.54, 1.807) is 22.8 Å². The lowest BCUT2D eigenvalue weighted by Gasteiger charge is -2.19. The second kappa shape index (κ2) is 8.42. The zero-order valence-corrected chi connectivity index (χ0v) is 19.2. The van der Waals surface area contributed by atoms with Crippen LogP contribution < -0.4 is 5.56 Å². The van der Waals surface area contributed by atoms with Gasteiger partial charge in [0, 0.05) is 21.7 Å². The molecule has 0 fully saturated rings. The highest BCUT2D eigenvalue weighted by molar-refractivity contribution is 9.10. The Balaban J connectivity index is 1.96. The van der Waals surface area contributed by atoms with Gasteiger partial charge in [-0.1, -0.05) is 58.4 Å². The third kappa shape index (κ3) is 4.21. The van der Waals surface area contributed by atoms with E-state index >= 15 is 0 Å². The van der Waals surface area contributed by atoms with Crippen molar-refractivity contribution in [2.45, 2.75) is 18.0 Å². The average Bonchev–Trinajstić information content (AvgIpc) is 2.75. The normalized spacial score (nSPS) is 11.7. The Labute approximate surface area is 188 Å². The van der Waals surface area contributed by atoms with Crippen LogP contribution in [0.15, 0.2) is 87.0 Å². The number of hydrogen-bond donors (Lipinski definition) is 1. The molecule has 0 aliphatic carbocycles. The fourth-order valence-corrected chi connectivity index (χ4v) is 4.74. The molecule has 31 heavy (non-hydrogen) atoms. The van der Waals surface area contributed by atoms with Crippen molar-refractivity contribution in [1.82, 2.24) is 4.57 Å². The van der Waals surface area contributed by atoms with Gasteiger partial charge in [-0.05, 0) is 46.8 Å². The van der Waals surface area contributed by atoms with Gasteiger partial charge >= 0.3 is 0 Å². The van der Waals surface area contributed by atoms with E-state index in [1.807, 2.05) is 42.5 Å². The third-order valence-electron chi connectivity index (χ3n) is 5.25. The summed E-state index contributed by atoms with van der Waals surface area (Å²) >= 11 is 3.48. The van der Waals surface area contributed by atoms with Gasteiger partial charge in [0.25, 0.3) is 5.56 Å². The molecule has 0 unspecified atom stereocenters. The van der Waals surface area contributed by atoms with E-state index in [1.165, 1.54) is 12.1 Å². The quantitative estimate of drug-likeness (QED) is 0.443. The van der Waals surface area contributed by atoms with Crippen LogP contribution in [0.2, 0.25) is 0 Å². The number of nitrogens with zero attached hydrogens (tertiary/aromatic N) is 1. The Hall–Kier alpha value is -2.74. The van der Waals surface area contributed by atoms with Crippen molar-refractivity contribution >= 4 is 36.5 Å². The molecule has 0 atom stereocenters. The van der Waals surface area contributed by atoms with Gasteiger partial charge in [0.15, 0.2) is 9.84 Å². The number of fused-ring (bicyclic) bond motifs is 1. The first-order chi connectivity index (χ1) is 14.8. The van der Waals surface area contributed by atoms with E-state index in [0.29, 0.717) is 11.1 Å². The first-order valence-corrected chi connectivity index (χ1v) is 12.3. The van der Waals surface area contributed by atoms with Gasteiger partial charge in [-0.2, -0.15) is 0 Å². The van der Waals surface area contributed by atoms with Gasteiger partial charge in [0.1, 0.15) is 0 Å². The van der Waals surface area contributed by atoms with Crippen LogP contribution in [0.4, 0.5) is 0 Å². The van der Waals surface area contributed by atoms with Crippen molar-refractivity contribution in [3.63, 3.8) is 0 Å². The minimum atomic E-state index is -3.30. The van der Waals surface area contributed by atoms with E-state index in [2.05, 4.69) is 15.9 Å². The molecule has 0 aliphatic rings. The predicted molar refractivity (Wildman–Crippen MR) is 126 cm³/mol. The van der Waals surface area contributed by atoms with Crippen LogP contribution in [0, 0.1) is 0 Å². The average molecular weight is 498 g/mol. The molecule has 7 heteroatoms. The van der Waals surface area contributed by atoms with E-state index in [-0.39, 0.29) is 23.6 Å². The Morgan fingerprint density at radius 1 is 0.935 bits per heavy atom. The molecule has 0 radical (unpaired) electrons. The van der Waals surface area contributed by atoms with Crippen LogP contribution in [-0.2, 0) is 23.0 Å². The topological polar surface area (TPSA) is 76.4 Å². The standard InChI is InChI=1S/C24H20BrNO4S/c1-31(29,30)19-10-7-16(8-11-19)14-26-22(15-27)23(17-5-3-2-4-6-17)21-13-18(25)9-12-20(21)24(26)28/h2-13,27H,14-15H2,1H3. The monoisotopic (exact) mass is 497 g/mol. The Morgan fingerprint density at radius 3 is 2.23 bits per heavy atom. The highest BCUT2D eigenvalue weighted by Gasteiger charge is 2.18. The molecule has 3 aromatic carbocycles. The molecule has 4 aromatic rings. The minimum Gasteiger partial charge on any atom is -0.390 e. The number of aromatic nitrogens is 1. The molecule has 0 saturated carbocycles. The van der Waals surface area contributed by atoms with Crippen molar-refractivity contribution in [2.75, 3.05) is 6.26 Å². The molecular formula is C24H20BrNO4S. The van der Waals surface area contributed by atoms with Crippen LogP contribution in [0.25, 0.3) is 21.9 Å². The fraction of sp³-hybridized carbons (Fsp3) is 0.125. The number of hydrogen-bond acceptors (Lipinski definition) is 4. The lowest BCUT2D eigenvalue weighted by molar-refractivity contribution is 0.270. The van der Waals surface area contributed by atoms with E-state index in [9.17, 15) is 18.3 Å². The number of rotatable bonds is 5. The molecule has 0 bridgehead atoms. The summed E-state index contributed by atoms with van der Waals surface area (Å²) in [5, 5.41) is 11.6. The van der Waals surface area contributed by atoms with Crippen molar-refractivity contribution in [1.29, 1.82) is 0 Å². The van der Waals surface area contributed by atoms with Crippen LogP contribution in [0.3, 0.4) is 0 Å². The van der Waals surface area contributed by atoms with Crippen molar-refractivity contribution in [2.24, 2.45) is 0 Å². The van der Waals surface area contributed by atoms with Crippen LogP contribution in [0.1, 0.15) is 11.3 Å². The van der Waals surface area contributed by atoms with Gasteiger partial charge in [-0.3, -0.25) is 4.79 Å². The maximum atomic E-state index is 13.4. The number of sulfone groups is 1. The summed E-state index contributed by atoms with van der Waals surface area (Å²) in [6.45, 7) is -0.103. The summed E-state index contributed by atoms with van der Waals surface area (Å²) in [5.41, 5.74) is 2.76. The molecule has 0 amide bonds. The van der Waals surface area contributed by atoms with E-state index < -0.39 is 9.84 Å². The first kappa shape index (κ1) is 21.5. The highest BCUT2D eigenvalue weighted by Crippen LogP contribution is 2.32. The van der Waals surface area contributed by atoms with Crippen LogP contribution in [-0.4, -0.2) is 24.3 Å². The summed E-state index contributed by atoms with van der Waals surface area (Å²) in [7, 11) is -3.30. The van der Waals surface area contributed by atoms with E-state index in [4.69, 9.17) is 0 Å². The van der Waals surface area contributed by atoms with Crippen molar-refractivity contribution in [3.05, 3.63) is 98.9 Å². The summed E-state index contributed by atoms with van der Waals surface area (Å²) in [6, 6.07) is 21.6. The molecule has 4 rings (SSSR count). The second-order valence-corrected chi connectivity index (χ2v) is 10.3. The van der Waals surface area contributed by atoms with Gasteiger partial charge in [0.05, 0.1) is 23.7 Å². The Kier molecular flexibility index (Phi) is 5.83. The molecule has 0 spiro atoms. The minimum absolute atomic E-state index is 0.210. The maximum Gasteiger partial charge on any atom is 0.259 e. The molecule has 1 heterocycles. The molecule has 1 N–H and O–H groups in total. The van der Waals surface area contributed by atoms with Gasteiger partial charge in [-0.25, -0.2) is 8.42 Å². The second-order valence-electron chi connectivity index (χ2n) is 7.34. The Morgan fingerprint density at radius 2 is 1.61 bits per heavy atom. The predicted octanol–water partition coefficient (Wildman–Crippen LogP) is 4.38. The molecule has 5 nitrogen and oxygen atoms in total. The zero-order chi connectivity index (χ0) is 22.2. The van der Waals surface area contributed by atoms with E-state index in [0.717, 1.165) is 32.8 Å². The summed E-state index contributed by atoms with van der Waals surface area (Å²) in [6.07, 6.45) is 1.16. The third-order valence-corrected chi connectivity index (χ3v) is 6.87. The maximum absolute atomic E-state index is 13.4. The SMILES string of the molecule is CS(=O)(=O)c1ccc(Cn2c(CO)c(-c3ccccc3)c3cc(Br)ccc3c2=O)cc1. The highest BCUT2D eigenvalue weighted by atomic mass is 79.9. The Bertz CT molecular complexity index is 1430. The first-order valence-electron chi connectivity index (χ1n) is 9.60. The van der Waals surface area contributed by atoms with Crippen molar-refractivity contribution in [3.8, 4) is 11.1 Å². The number of halogens is 1. The zero-order valence-electron chi connectivity index (χ0n) is 16.7.